The van der Waals surface area contributed by atoms with E-state index in [2.05, 4.69) is 15.7 Å². The van der Waals surface area contributed by atoms with Crippen LogP contribution in [0.4, 0.5) is 10.1 Å². The maximum atomic E-state index is 12.8. The molecular weight excluding hydrogens is 305 g/mol. The summed E-state index contributed by atoms with van der Waals surface area (Å²) in [7, 11) is 1.48. The number of nitrogens with zero attached hydrogens (tertiary/aromatic N) is 2. The molecule has 0 bridgehead atoms. The average molecular weight is 319 g/mol. The van der Waals surface area contributed by atoms with Crippen molar-refractivity contribution in [3.05, 3.63) is 47.5 Å². The molecule has 0 unspecified atom stereocenters. The smallest absolute Gasteiger partial charge is 0.313 e. The molecule has 120 valence electrons. The van der Waals surface area contributed by atoms with Gasteiger partial charge in [-0.05, 0) is 17.7 Å². The maximum Gasteiger partial charge on any atom is 0.313 e. The van der Waals surface area contributed by atoms with Gasteiger partial charge in [0.25, 0.3) is 5.91 Å². The number of carbonyl (C=O) groups is 3. The summed E-state index contributed by atoms with van der Waals surface area (Å²) >= 11 is 0. The Kier molecular flexibility index (Phi) is 4.69. The first-order valence-corrected chi connectivity index (χ1v) is 6.54. The van der Waals surface area contributed by atoms with Crippen LogP contribution in [0, 0.1) is 5.82 Å². The van der Waals surface area contributed by atoms with Gasteiger partial charge in [0, 0.05) is 13.6 Å². The highest BCUT2D eigenvalue weighted by molar-refractivity contribution is 6.39. The monoisotopic (exact) mass is 319 g/mol. The highest BCUT2D eigenvalue weighted by Gasteiger charge is 2.19. The SMILES string of the molecule is Cn1ncc(NC(=O)C(=O)NCc2ccc(F)cc2)c1C(N)=O. The number of benzene rings is 1. The Morgan fingerprint density at radius 1 is 1.22 bits per heavy atom. The lowest BCUT2D eigenvalue weighted by Crippen LogP contribution is -2.35. The molecular formula is C14H14FN5O3. The van der Waals surface area contributed by atoms with Crippen LogP contribution in [0.1, 0.15) is 16.1 Å². The van der Waals surface area contributed by atoms with Crippen molar-refractivity contribution < 1.29 is 18.8 Å². The van der Waals surface area contributed by atoms with Crippen molar-refractivity contribution in [1.82, 2.24) is 15.1 Å². The zero-order chi connectivity index (χ0) is 17.0. The Morgan fingerprint density at radius 2 is 1.87 bits per heavy atom. The van der Waals surface area contributed by atoms with Crippen molar-refractivity contribution in [2.45, 2.75) is 6.54 Å². The lowest BCUT2D eigenvalue weighted by Gasteiger charge is -2.06. The van der Waals surface area contributed by atoms with Crippen LogP contribution >= 0.6 is 0 Å². The predicted molar refractivity (Wildman–Crippen MR) is 78.6 cm³/mol. The van der Waals surface area contributed by atoms with Gasteiger partial charge in [0.1, 0.15) is 11.5 Å². The molecule has 23 heavy (non-hydrogen) atoms. The molecule has 0 atom stereocenters. The van der Waals surface area contributed by atoms with Crippen molar-refractivity contribution in [2.75, 3.05) is 5.32 Å². The van der Waals surface area contributed by atoms with Crippen molar-refractivity contribution in [1.29, 1.82) is 0 Å². The van der Waals surface area contributed by atoms with Gasteiger partial charge in [-0.15, -0.1) is 0 Å². The van der Waals surface area contributed by atoms with Crippen molar-refractivity contribution in [3.8, 4) is 0 Å². The molecule has 1 aromatic heterocycles. The lowest BCUT2D eigenvalue weighted by atomic mass is 10.2. The predicted octanol–water partition coefficient (Wildman–Crippen LogP) is -0.0870. The minimum absolute atomic E-state index is 0.0234. The first-order valence-electron chi connectivity index (χ1n) is 6.54. The highest BCUT2D eigenvalue weighted by Crippen LogP contribution is 2.13. The number of hydrogen-bond donors (Lipinski definition) is 3. The number of hydrogen-bond acceptors (Lipinski definition) is 4. The number of nitrogens with two attached hydrogens (primary N) is 1. The number of primary amides is 1. The van der Waals surface area contributed by atoms with Gasteiger partial charge in [-0.1, -0.05) is 12.1 Å². The third-order valence-corrected chi connectivity index (χ3v) is 2.99. The Morgan fingerprint density at radius 3 is 2.48 bits per heavy atom. The molecule has 9 heteroatoms. The van der Waals surface area contributed by atoms with E-state index in [0.717, 1.165) is 0 Å². The van der Waals surface area contributed by atoms with Crippen LogP contribution in [0.3, 0.4) is 0 Å². The van der Waals surface area contributed by atoms with Gasteiger partial charge in [-0.2, -0.15) is 5.10 Å². The number of nitrogens with one attached hydrogen (secondary N) is 2. The maximum absolute atomic E-state index is 12.8. The van der Waals surface area contributed by atoms with Crippen LogP contribution in [-0.4, -0.2) is 27.5 Å². The summed E-state index contributed by atoms with van der Waals surface area (Å²) in [6.07, 6.45) is 1.21. The average Bonchev–Trinajstić information content (AvgIpc) is 2.87. The molecule has 0 aliphatic rings. The van der Waals surface area contributed by atoms with Gasteiger partial charge in [0.15, 0.2) is 0 Å². The fourth-order valence-electron chi connectivity index (χ4n) is 1.87. The van der Waals surface area contributed by atoms with E-state index in [9.17, 15) is 18.8 Å². The molecule has 2 rings (SSSR count). The van der Waals surface area contributed by atoms with E-state index in [1.165, 1.54) is 42.2 Å². The van der Waals surface area contributed by atoms with Crippen molar-refractivity contribution in [3.63, 3.8) is 0 Å². The van der Waals surface area contributed by atoms with Gasteiger partial charge in [-0.25, -0.2) is 4.39 Å². The molecule has 1 aromatic carbocycles. The van der Waals surface area contributed by atoms with Gasteiger partial charge in [0.05, 0.1) is 11.9 Å². The Hall–Kier alpha value is -3.23. The summed E-state index contributed by atoms with van der Waals surface area (Å²) in [6.45, 7) is 0.0578. The normalized spacial score (nSPS) is 10.2. The largest absolute Gasteiger partial charge is 0.364 e. The summed E-state index contributed by atoms with van der Waals surface area (Å²) in [6, 6.07) is 5.46. The zero-order valence-electron chi connectivity index (χ0n) is 12.2. The van der Waals surface area contributed by atoms with Crippen LogP contribution in [0.2, 0.25) is 0 Å². The van der Waals surface area contributed by atoms with Crippen LogP contribution in [-0.2, 0) is 23.2 Å². The minimum Gasteiger partial charge on any atom is -0.364 e. The minimum atomic E-state index is -0.970. The van der Waals surface area contributed by atoms with E-state index < -0.39 is 23.5 Å². The first kappa shape index (κ1) is 16.1. The molecule has 0 saturated carbocycles. The van der Waals surface area contributed by atoms with E-state index in [4.69, 9.17) is 5.73 Å². The van der Waals surface area contributed by atoms with E-state index in [1.807, 2.05) is 0 Å². The summed E-state index contributed by atoms with van der Waals surface area (Å²) in [5.74, 6) is -3.06. The first-order chi connectivity index (χ1) is 10.9. The molecule has 0 radical (unpaired) electrons. The number of halogens is 1. The van der Waals surface area contributed by atoms with E-state index >= 15 is 0 Å². The summed E-state index contributed by atoms with van der Waals surface area (Å²) < 4.78 is 14.0. The Labute approximate surface area is 130 Å². The second-order valence-corrected chi connectivity index (χ2v) is 4.66. The van der Waals surface area contributed by atoms with Gasteiger partial charge in [0.2, 0.25) is 0 Å². The van der Waals surface area contributed by atoms with Crippen LogP contribution in [0.25, 0.3) is 0 Å². The molecule has 0 saturated heterocycles. The third kappa shape index (κ3) is 3.90. The number of aryl methyl sites for hydroxylation is 1. The van der Waals surface area contributed by atoms with Crippen LogP contribution in [0.5, 0.6) is 0 Å². The van der Waals surface area contributed by atoms with E-state index in [0.29, 0.717) is 5.56 Å². The molecule has 3 amide bonds. The van der Waals surface area contributed by atoms with Gasteiger partial charge in [-0.3, -0.25) is 19.1 Å². The van der Waals surface area contributed by atoms with E-state index in [-0.39, 0.29) is 17.9 Å². The number of aromatic nitrogens is 2. The molecule has 0 spiro atoms. The summed E-state index contributed by atoms with van der Waals surface area (Å²) in [4.78, 5) is 34.8. The Balaban J connectivity index is 1.96. The highest BCUT2D eigenvalue weighted by atomic mass is 19.1. The second-order valence-electron chi connectivity index (χ2n) is 4.66. The summed E-state index contributed by atoms with van der Waals surface area (Å²) in [5.41, 5.74) is 5.83. The van der Waals surface area contributed by atoms with Crippen molar-refractivity contribution >= 4 is 23.4 Å². The fourth-order valence-corrected chi connectivity index (χ4v) is 1.87. The number of rotatable bonds is 4. The molecule has 0 aliphatic heterocycles. The molecule has 0 fully saturated rings. The topological polar surface area (TPSA) is 119 Å². The standard InChI is InChI=1S/C14H14FN5O3/c1-20-11(12(16)21)10(7-18-20)19-14(23)13(22)17-6-8-2-4-9(15)5-3-8/h2-5,7H,6H2,1H3,(H2,16,21)(H,17,22)(H,19,23). The van der Waals surface area contributed by atoms with Crippen molar-refractivity contribution in [2.24, 2.45) is 12.8 Å². The lowest BCUT2D eigenvalue weighted by molar-refractivity contribution is -0.136. The number of anilines is 1. The second kappa shape index (κ2) is 6.69. The quantitative estimate of drug-likeness (QED) is 0.682. The molecule has 4 N–H and O–H groups in total. The molecule has 1 heterocycles. The molecule has 2 aromatic rings. The number of carbonyl (C=O) groups excluding carboxylic acids is 3. The fraction of sp³-hybridized carbons (Fsp3) is 0.143. The van der Waals surface area contributed by atoms with E-state index in [1.54, 1.807) is 0 Å². The van der Waals surface area contributed by atoms with Crippen LogP contribution in [0.15, 0.2) is 30.5 Å². The van der Waals surface area contributed by atoms with Gasteiger partial charge >= 0.3 is 11.8 Å². The van der Waals surface area contributed by atoms with Gasteiger partial charge < -0.3 is 16.4 Å². The zero-order valence-corrected chi connectivity index (χ0v) is 12.2. The summed E-state index contributed by atoms with van der Waals surface area (Å²) in [5, 5.41) is 8.43. The molecule has 8 nitrogen and oxygen atoms in total. The third-order valence-electron chi connectivity index (χ3n) is 2.99. The molecule has 0 aliphatic carbocycles. The van der Waals surface area contributed by atoms with Crippen LogP contribution < -0.4 is 16.4 Å². The Bertz CT molecular complexity index is 754. The number of amides is 3.